The smallest absolute Gasteiger partial charge is 0.317 e. The minimum Gasteiger partial charge on any atom is -0.349 e. The van der Waals surface area contributed by atoms with Gasteiger partial charge in [0.1, 0.15) is 6.29 Å². The maximum Gasteiger partial charge on any atom is 0.317 e. The number of rotatable bonds is 6. The highest BCUT2D eigenvalue weighted by atomic mass is 16.7. The SMILES string of the molecule is C[C@H]1CC[C@@]2(OC1)OC1CC3[C@@H]4CC[C@@H]5C[C@H](NC(=O)N(CCCC=O)C6CCCCC6)CC[C@]5(C)C4CC[C@]3(C)[C@H]1[C@@H]2C. The van der Waals surface area contributed by atoms with Gasteiger partial charge in [-0.1, -0.05) is 47.0 Å². The summed E-state index contributed by atoms with van der Waals surface area (Å²) in [5.41, 5.74) is 0.772. The predicted octanol–water partition coefficient (Wildman–Crippen LogP) is 8.12. The van der Waals surface area contributed by atoms with Gasteiger partial charge in [-0.15, -0.1) is 0 Å². The van der Waals surface area contributed by atoms with Crippen molar-refractivity contribution in [3.63, 3.8) is 0 Å². The van der Waals surface area contributed by atoms with Crippen LogP contribution in [0.25, 0.3) is 0 Å². The van der Waals surface area contributed by atoms with Crippen LogP contribution in [-0.4, -0.2) is 54.3 Å². The number of nitrogens with zero attached hydrogens (tertiary/aromatic N) is 1. The van der Waals surface area contributed by atoms with Crippen LogP contribution in [0.5, 0.6) is 0 Å². The number of hydrogen-bond acceptors (Lipinski definition) is 4. The Morgan fingerprint density at radius 1 is 0.909 bits per heavy atom. The second kappa shape index (κ2) is 12.1. The maximum absolute atomic E-state index is 13.7. The topological polar surface area (TPSA) is 67.9 Å². The number of amides is 2. The van der Waals surface area contributed by atoms with Gasteiger partial charge in [-0.3, -0.25) is 0 Å². The summed E-state index contributed by atoms with van der Waals surface area (Å²) in [6.45, 7) is 11.6. The van der Waals surface area contributed by atoms with Gasteiger partial charge in [0.15, 0.2) is 5.79 Å². The minimum absolute atomic E-state index is 0.138. The summed E-state index contributed by atoms with van der Waals surface area (Å²) in [5.74, 6) is 4.59. The molecule has 2 heterocycles. The lowest BCUT2D eigenvalue weighted by Gasteiger charge is -2.61. The first-order valence-corrected chi connectivity index (χ1v) is 19.0. The van der Waals surface area contributed by atoms with Crippen LogP contribution < -0.4 is 5.32 Å². The molecule has 2 aliphatic heterocycles. The van der Waals surface area contributed by atoms with Gasteiger partial charge in [-0.25, -0.2) is 4.79 Å². The number of nitrogens with one attached hydrogen (secondary N) is 1. The fraction of sp³-hybridized carbons (Fsp3) is 0.947. The van der Waals surface area contributed by atoms with Crippen LogP contribution in [0, 0.1) is 52.3 Å². The van der Waals surface area contributed by atoms with Crippen molar-refractivity contribution in [2.24, 2.45) is 52.3 Å². The maximum atomic E-state index is 13.7. The Kier molecular flexibility index (Phi) is 8.68. The van der Waals surface area contributed by atoms with Gasteiger partial charge in [0.25, 0.3) is 0 Å². The van der Waals surface area contributed by atoms with E-state index < -0.39 is 0 Å². The normalized spacial score (nSPS) is 48.6. The largest absolute Gasteiger partial charge is 0.349 e. The zero-order valence-electron chi connectivity index (χ0n) is 28.4. The van der Waals surface area contributed by atoms with Gasteiger partial charge >= 0.3 is 6.03 Å². The van der Waals surface area contributed by atoms with Crippen LogP contribution in [0.4, 0.5) is 4.79 Å². The molecule has 6 nitrogen and oxygen atoms in total. The lowest BCUT2D eigenvalue weighted by Crippen LogP contribution is -2.57. The van der Waals surface area contributed by atoms with E-state index in [0.717, 1.165) is 69.2 Å². The third-order valence-corrected chi connectivity index (χ3v) is 15.3. The van der Waals surface area contributed by atoms with Crippen LogP contribution >= 0.6 is 0 Å². The van der Waals surface area contributed by atoms with Gasteiger partial charge in [0, 0.05) is 37.4 Å². The van der Waals surface area contributed by atoms with Crippen molar-refractivity contribution in [1.29, 1.82) is 0 Å². The summed E-state index contributed by atoms with van der Waals surface area (Å²) in [7, 11) is 0. The van der Waals surface area contributed by atoms with Gasteiger partial charge in [-0.05, 0) is 123 Å². The summed E-state index contributed by atoms with van der Waals surface area (Å²) in [6, 6.07) is 0.772. The predicted molar refractivity (Wildman–Crippen MR) is 173 cm³/mol. The Bertz CT molecular complexity index is 1050. The third kappa shape index (κ3) is 5.19. The lowest BCUT2D eigenvalue weighted by atomic mass is 9.44. The van der Waals surface area contributed by atoms with Gasteiger partial charge in [0.05, 0.1) is 12.7 Å². The first kappa shape index (κ1) is 31.5. The Hall–Kier alpha value is -1.14. The molecule has 0 aromatic heterocycles. The molecular formula is C38H62N2O4. The quantitative estimate of drug-likeness (QED) is 0.244. The Morgan fingerprint density at radius 2 is 1.70 bits per heavy atom. The fourth-order valence-corrected chi connectivity index (χ4v) is 12.9. The molecule has 0 radical (unpaired) electrons. The van der Waals surface area contributed by atoms with E-state index in [1.54, 1.807) is 0 Å². The molecule has 5 aliphatic carbocycles. The number of carbonyl (C=O) groups is 2. The van der Waals surface area contributed by atoms with Gasteiger partial charge in [0.2, 0.25) is 0 Å². The highest BCUT2D eigenvalue weighted by Gasteiger charge is 2.69. The van der Waals surface area contributed by atoms with Crippen molar-refractivity contribution in [2.75, 3.05) is 13.2 Å². The average Bonchev–Trinajstić information content (AvgIpc) is 3.47. The monoisotopic (exact) mass is 610 g/mol. The molecule has 7 rings (SSSR count). The minimum atomic E-state index is -0.319. The van der Waals surface area contributed by atoms with Crippen LogP contribution in [0.2, 0.25) is 0 Å². The summed E-state index contributed by atoms with van der Waals surface area (Å²) in [4.78, 5) is 26.8. The molecule has 5 saturated carbocycles. The van der Waals surface area contributed by atoms with E-state index in [2.05, 4.69) is 37.9 Å². The Balaban J connectivity index is 0.998. The van der Waals surface area contributed by atoms with E-state index in [1.165, 1.54) is 64.2 Å². The van der Waals surface area contributed by atoms with Crippen LogP contribution in [-0.2, 0) is 14.3 Å². The molecule has 2 amide bonds. The molecule has 248 valence electrons. The van der Waals surface area contributed by atoms with Crippen molar-refractivity contribution in [3.8, 4) is 0 Å². The second-order valence-corrected chi connectivity index (χ2v) is 17.4. The molecule has 0 aromatic rings. The number of ether oxygens (including phenoxy) is 2. The third-order valence-electron chi connectivity index (χ3n) is 15.3. The molecular weight excluding hydrogens is 548 g/mol. The van der Waals surface area contributed by atoms with Gasteiger partial charge in [-0.2, -0.15) is 0 Å². The summed E-state index contributed by atoms with van der Waals surface area (Å²) < 4.78 is 13.6. The zero-order valence-corrected chi connectivity index (χ0v) is 28.4. The molecule has 6 heteroatoms. The number of carbonyl (C=O) groups excluding carboxylic acids is 2. The van der Waals surface area contributed by atoms with E-state index in [1.807, 2.05) is 0 Å². The number of urea groups is 1. The van der Waals surface area contributed by atoms with Crippen molar-refractivity contribution in [1.82, 2.24) is 10.2 Å². The van der Waals surface area contributed by atoms with Crippen LogP contribution in [0.1, 0.15) is 137 Å². The Labute approximate surface area is 267 Å². The lowest BCUT2D eigenvalue weighted by molar-refractivity contribution is -0.273. The number of fused-ring (bicyclic) bond motifs is 7. The molecule has 12 atom stereocenters. The second-order valence-electron chi connectivity index (χ2n) is 17.4. The van der Waals surface area contributed by atoms with Crippen molar-refractivity contribution in [3.05, 3.63) is 0 Å². The van der Waals surface area contributed by atoms with Crippen LogP contribution in [0.15, 0.2) is 0 Å². The number of hydrogen-bond donors (Lipinski definition) is 1. The van der Waals surface area contributed by atoms with Gasteiger partial charge < -0.3 is 24.5 Å². The standard InChI is InChI=1S/C38H62N2O4/c1-25-14-19-38(43-24-25)26(2)34-33(44-38)23-32-30-13-12-27-22-28(15-17-36(27,3)31(30)16-18-37(32,34)4)39-35(42)40(20-8-9-21-41)29-10-6-5-7-11-29/h21,25-34H,5-20,22-24H2,1-4H3,(H,39,42)/t25-,26-,27+,28+,30+,31?,32?,33?,34-,36-,37-,38+/m0/s1. The average molecular weight is 611 g/mol. The fourth-order valence-electron chi connectivity index (χ4n) is 12.9. The highest BCUT2D eigenvalue weighted by molar-refractivity contribution is 5.75. The van der Waals surface area contributed by atoms with E-state index in [0.29, 0.717) is 59.6 Å². The molecule has 1 spiro atoms. The molecule has 1 N–H and O–H groups in total. The highest BCUT2D eigenvalue weighted by Crippen LogP contribution is 2.71. The van der Waals surface area contributed by atoms with Crippen molar-refractivity contribution in [2.45, 2.75) is 161 Å². The molecule has 0 aromatic carbocycles. The Morgan fingerprint density at radius 3 is 2.45 bits per heavy atom. The van der Waals surface area contributed by atoms with E-state index in [9.17, 15) is 9.59 Å². The number of aldehydes is 1. The number of unbranched alkanes of at least 4 members (excludes halogenated alkanes) is 1. The first-order chi connectivity index (χ1) is 21.2. The summed E-state index contributed by atoms with van der Waals surface area (Å²) >= 11 is 0. The summed E-state index contributed by atoms with van der Waals surface area (Å²) in [6.07, 6.45) is 21.1. The molecule has 0 bridgehead atoms. The van der Waals surface area contributed by atoms with Crippen LogP contribution in [0.3, 0.4) is 0 Å². The molecule has 7 fully saturated rings. The van der Waals surface area contributed by atoms with E-state index in [4.69, 9.17) is 9.47 Å². The zero-order chi connectivity index (χ0) is 30.7. The first-order valence-electron chi connectivity index (χ1n) is 19.0. The molecule has 2 saturated heterocycles. The van der Waals surface area contributed by atoms with Crippen molar-refractivity contribution >= 4 is 12.3 Å². The molecule has 44 heavy (non-hydrogen) atoms. The molecule has 7 aliphatic rings. The van der Waals surface area contributed by atoms with E-state index >= 15 is 0 Å². The molecule has 3 unspecified atom stereocenters. The van der Waals surface area contributed by atoms with Crippen molar-refractivity contribution < 1.29 is 19.1 Å². The summed E-state index contributed by atoms with van der Waals surface area (Å²) in [5, 5.41) is 3.54. The van der Waals surface area contributed by atoms with E-state index in [-0.39, 0.29) is 17.9 Å².